The third-order valence-electron chi connectivity index (χ3n) is 4.17. The Morgan fingerprint density at radius 3 is 2.70 bits per heavy atom. The molecule has 3 N–H and O–H groups in total. The van der Waals surface area contributed by atoms with Crippen molar-refractivity contribution in [2.75, 3.05) is 0 Å². The smallest absolute Gasteiger partial charge is 0.251 e. The minimum absolute atomic E-state index is 0. The van der Waals surface area contributed by atoms with Crippen LogP contribution in [0.3, 0.4) is 0 Å². The van der Waals surface area contributed by atoms with E-state index in [0.717, 1.165) is 31.2 Å². The van der Waals surface area contributed by atoms with Gasteiger partial charge in [-0.3, -0.25) is 4.79 Å². The summed E-state index contributed by atoms with van der Waals surface area (Å²) in [5, 5.41) is 7.23. The fourth-order valence-electron chi connectivity index (χ4n) is 2.90. The van der Waals surface area contributed by atoms with Crippen molar-refractivity contribution in [3.8, 4) is 0 Å². The van der Waals surface area contributed by atoms with Gasteiger partial charge in [-0.15, -0.1) is 12.4 Å². The maximum absolute atomic E-state index is 12.6. The molecule has 6 nitrogen and oxygen atoms in total. The van der Waals surface area contributed by atoms with Crippen molar-refractivity contribution < 1.29 is 4.79 Å². The van der Waals surface area contributed by atoms with E-state index in [1.54, 1.807) is 11.0 Å². The lowest BCUT2D eigenvalue weighted by atomic mass is 9.91. The molecule has 0 radical (unpaired) electrons. The minimum atomic E-state index is -0.0174. The zero-order chi connectivity index (χ0) is 15.4. The Labute approximate surface area is 141 Å². The van der Waals surface area contributed by atoms with Gasteiger partial charge >= 0.3 is 0 Å². The van der Waals surface area contributed by atoms with Gasteiger partial charge in [0.1, 0.15) is 12.7 Å². The summed E-state index contributed by atoms with van der Waals surface area (Å²) in [6.45, 7) is 0.541. The van der Waals surface area contributed by atoms with Gasteiger partial charge in [0.2, 0.25) is 0 Å². The molecule has 1 saturated carbocycles. The second-order valence-electron chi connectivity index (χ2n) is 5.84. The van der Waals surface area contributed by atoms with Crippen LogP contribution in [-0.4, -0.2) is 32.8 Å². The second kappa shape index (κ2) is 8.08. The van der Waals surface area contributed by atoms with Crippen LogP contribution < -0.4 is 11.1 Å². The van der Waals surface area contributed by atoms with Crippen molar-refractivity contribution in [1.29, 1.82) is 0 Å². The van der Waals surface area contributed by atoms with Crippen molar-refractivity contribution in [3.05, 3.63) is 48.0 Å². The molecule has 0 unspecified atom stereocenters. The first-order chi connectivity index (χ1) is 10.7. The number of nitrogens with two attached hydrogens (primary N) is 1. The van der Waals surface area contributed by atoms with Crippen LogP contribution in [-0.2, 0) is 6.54 Å². The summed E-state index contributed by atoms with van der Waals surface area (Å²) < 4.78 is 1.71. The lowest BCUT2D eigenvalue weighted by molar-refractivity contribution is 0.0924. The van der Waals surface area contributed by atoms with Gasteiger partial charge in [0.05, 0.1) is 6.54 Å². The molecule has 1 amide bonds. The van der Waals surface area contributed by atoms with E-state index in [2.05, 4.69) is 15.4 Å². The molecule has 124 valence electrons. The Balaban J connectivity index is 0.00000192. The average molecular weight is 336 g/mol. The molecule has 1 fully saturated rings. The molecule has 1 aromatic carbocycles. The fraction of sp³-hybridized carbons (Fsp3) is 0.438. The molecule has 0 bridgehead atoms. The number of carbonyl (C=O) groups excluding carboxylic acids is 1. The first kappa shape index (κ1) is 17.4. The van der Waals surface area contributed by atoms with Crippen LogP contribution in [0.2, 0.25) is 0 Å². The molecule has 7 heteroatoms. The number of hydrogen-bond donors (Lipinski definition) is 2. The Bertz CT molecular complexity index is 623. The number of hydrogen-bond acceptors (Lipinski definition) is 4. The Morgan fingerprint density at radius 2 is 2.00 bits per heavy atom. The molecular formula is C16H22ClN5O. The van der Waals surface area contributed by atoms with E-state index in [1.165, 1.54) is 6.33 Å². The summed E-state index contributed by atoms with van der Waals surface area (Å²) in [5.41, 5.74) is 7.55. The van der Waals surface area contributed by atoms with E-state index < -0.39 is 0 Å². The quantitative estimate of drug-likeness (QED) is 0.891. The highest BCUT2D eigenvalue weighted by atomic mass is 35.5. The molecule has 2 aromatic rings. The van der Waals surface area contributed by atoms with E-state index in [-0.39, 0.29) is 30.4 Å². The number of rotatable bonds is 4. The highest BCUT2D eigenvalue weighted by Crippen LogP contribution is 2.18. The number of amides is 1. The monoisotopic (exact) mass is 335 g/mol. The highest BCUT2D eigenvalue weighted by molar-refractivity contribution is 5.95. The van der Waals surface area contributed by atoms with E-state index in [4.69, 9.17) is 5.73 Å². The molecule has 1 aliphatic carbocycles. The summed E-state index contributed by atoms with van der Waals surface area (Å²) in [6.07, 6.45) is 7.01. The fourth-order valence-corrected chi connectivity index (χ4v) is 2.90. The molecule has 23 heavy (non-hydrogen) atoms. The van der Waals surface area contributed by atoms with Crippen molar-refractivity contribution in [2.24, 2.45) is 5.73 Å². The molecule has 1 aromatic heterocycles. The van der Waals surface area contributed by atoms with Crippen molar-refractivity contribution in [3.63, 3.8) is 0 Å². The van der Waals surface area contributed by atoms with Crippen LogP contribution in [0.25, 0.3) is 0 Å². The number of carbonyl (C=O) groups is 1. The van der Waals surface area contributed by atoms with Crippen molar-refractivity contribution in [2.45, 2.75) is 44.3 Å². The van der Waals surface area contributed by atoms with Gasteiger partial charge in [-0.2, -0.15) is 5.10 Å². The number of nitrogens with zero attached hydrogens (tertiary/aromatic N) is 3. The molecule has 1 heterocycles. The lowest BCUT2D eigenvalue weighted by Crippen LogP contribution is -2.40. The average Bonchev–Trinajstić information content (AvgIpc) is 3.03. The van der Waals surface area contributed by atoms with Gasteiger partial charge in [0.15, 0.2) is 0 Å². The van der Waals surface area contributed by atoms with Gasteiger partial charge in [-0.25, -0.2) is 9.67 Å². The molecular weight excluding hydrogens is 314 g/mol. The van der Waals surface area contributed by atoms with Gasteiger partial charge < -0.3 is 11.1 Å². The van der Waals surface area contributed by atoms with Crippen LogP contribution in [0.1, 0.15) is 41.6 Å². The topological polar surface area (TPSA) is 85.8 Å². The maximum atomic E-state index is 12.6. The first-order valence-electron chi connectivity index (χ1n) is 7.69. The highest BCUT2D eigenvalue weighted by Gasteiger charge is 2.21. The number of nitrogens with one attached hydrogen (secondary N) is 1. The Hall–Kier alpha value is -1.92. The Kier molecular flexibility index (Phi) is 6.12. The summed E-state index contributed by atoms with van der Waals surface area (Å²) in [4.78, 5) is 16.5. The molecule has 0 spiro atoms. The molecule has 0 saturated heterocycles. The first-order valence-corrected chi connectivity index (χ1v) is 7.69. The number of benzene rings is 1. The SMILES string of the molecule is Cl.NC1CCC(NC(=O)c2ccccc2Cn2cncn2)CC1. The number of aromatic nitrogens is 3. The van der Waals surface area contributed by atoms with Crippen molar-refractivity contribution >= 4 is 18.3 Å². The third-order valence-corrected chi connectivity index (χ3v) is 4.17. The number of halogens is 1. The van der Waals surface area contributed by atoms with Crippen molar-refractivity contribution in [1.82, 2.24) is 20.1 Å². The van der Waals surface area contributed by atoms with Crippen LogP contribution in [0, 0.1) is 0 Å². The van der Waals surface area contributed by atoms with E-state index in [9.17, 15) is 4.79 Å². The van der Waals surface area contributed by atoms with E-state index in [1.807, 2.05) is 24.3 Å². The minimum Gasteiger partial charge on any atom is -0.349 e. The second-order valence-corrected chi connectivity index (χ2v) is 5.84. The zero-order valence-corrected chi connectivity index (χ0v) is 13.7. The largest absolute Gasteiger partial charge is 0.349 e. The van der Waals surface area contributed by atoms with Crippen LogP contribution in [0.4, 0.5) is 0 Å². The van der Waals surface area contributed by atoms with E-state index in [0.29, 0.717) is 12.1 Å². The molecule has 0 atom stereocenters. The molecule has 1 aliphatic rings. The summed E-state index contributed by atoms with van der Waals surface area (Å²) in [7, 11) is 0. The summed E-state index contributed by atoms with van der Waals surface area (Å²) >= 11 is 0. The van der Waals surface area contributed by atoms with Gasteiger partial charge in [-0.05, 0) is 37.3 Å². The third kappa shape index (κ3) is 4.53. The van der Waals surface area contributed by atoms with Gasteiger partial charge in [0, 0.05) is 17.6 Å². The van der Waals surface area contributed by atoms with Crippen LogP contribution in [0.5, 0.6) is 0 Å². The van der Waals surface area contributed by atoms with Crippen LogP contribution in [0.15, 0.2) is 36.9 Å². The zero-order valence-electron chi connectivity index (χ0n) is 12.9. The van der Waals surface area contributed by atoms with Gasteiger partial charge in [-0.1, -0.05) is 18.2 Å². The summed E-state index contributed by atoms with van der Waals surface area (Å²) in [5.74, 6) is -0.0174. The molecule has 0 aliphatic heterocycles. The predicted molar refractivity (Wildman–Crippen MR) is 90.5 cm³/mol. The normalized spacial score (nSPS) is 20.6. The predicted octanol–water partition coefficient (Wildman–Crippen LogP) is 1.75. The summed E-state index contributed by atoms with van der Waals surface area (Å²) in [6, 6.07) is 8.14. The van der Waals surface area contributed by atoms with Crippen LogP contribution >= 0.6 is 12.4 Å². The Morgan fingerprint density at radius 1 is 1.26 bits per heavy atom. The van der Waals surface area contributed by atoms with E-state index >= 15 is 0 Å². The maximum Gasteiger partial charge on any atom is 0.251 e. The molecule has 3 rings (SSSR count). The standard InChI is InChI=1S/C16H21N5O.ClH/c17-13-5-7-14(8-6-13)20-16(22)15-4-2-1-3-12(15)9-21-11-18-10-19-21;/h1-4,10-11,13-14H,5-9,17H2,(H,20,22);1H. The lowest BCUT2D eigenvalue weighted by Gasteiger charge is -2.27. The van der Waals surface area contributed by atoms with Gasteiger partial charge in [0.25, 0.3) is 5.91 Å².